The maximum atomic E-state index is 10.1. The van der Waals surface area contributed by atoms with Crippen molar-refractivity contribution in [3.8, 4) is 0 Å². The van der Waals surface area contributed by atoms with Gasteiger partial charge in [0, 0.05) is 23.6 Å². The predicted molar refractivity (Wildman–Crippen MR) is 54.9 cm³/mol. The van der Waals surface area contributed by atoms with Crippen molar-refractivity contribution in [2.24, 2.45) is 0 Å². The molecule has 0 aromatic heterocycles. The Morgan fingerprint density at radius 2 is 2.38 bits per heavy atom. The first-order valence-electron chi connectivity index (χ1n) is 4.37. The van der Waals surface area contributed by atoms with E-state index in [0.29, 0.717) is 4.75 Å². The summed E-state index contributed by atoms with van der Waals surface area (Å²) in [5.41, 5.74) is 0. The molecule has 1 aliphatic rings. The summed E-state index contributed by atoms with van der Waals surface area (Å²) in [5, 5.41) is 11.4. The lowest BCUT2D eigenvalue weighted by Gasteiger charge is -2.40. The van der Waals surface area contributed by atoms with Gasteiger partial charge in [0.25, 0.3) is 0 Å². The summed E-state index contributed by atoms with van der Waals surface area (Å²) in [5.74, 6) is -0.903. The Bertz CT molecular complexity index is 206. The second kappa shape index (κ2) is 4.56. The summed E-state index contributed by atoms with van der Waals surface area (Å²) >= 11 is 1.87. The van der Waals surface area contributed by atoms with Crippen LogP contribution in [0.3, 0.4) is 0 Å². The molecule has 74 valence electrons. The minimum absolute atomic E-state index is 0.364. The zero-order valence-corrected chi connectivity index (χ0v) is 8.56. The highest BCUT2D eigenvalue weighted by atomic mass is 32.2. The second-order valence-corrected chi connectivity index (χ2v) is 4.57. The minimum Gasteiger partial charge on any atom is -0.478 e. The summed E-state index contributed by atoms with van der Waals surface area (Å²) in [4.78, 5) is 10.1. The fourth-order valence-electron chi connectivity index (χ4n) is 1.40. The van der Waals surface area contributed by atoms with E-state index in [1.807, 2.05) is 11.8 Å². The molecule has 0 atom stereocenters. The smallest absolute Gasteiger partial charge is 0.329 e. The quantitative estimate of drug-likeness (QED) is 0.661. The molecular formula is C9H15NO2S. The Kier molecular flexibility index (Phi) is 3.66. The van der Waals surface area contributed by atoms with Crippen LogP contribution < -0.4 is 5.32 Å². The lowest BCUT2D eigenvalue weighted by Crippen LogP contribution is -2.41. The molecule has 0 aliphatic heterocycles. The van der Waals surface area contributed by atoms with Crippen LogP contribution in [0.1, 0.15) is 19.3 Å². The molecule has 4 heteroatoms. The van der Waals surface area contributed by atoms with Gasteiger partial charge in [-0.2, -0.15) is 11.8 Å². The first kappa shape index (κ1) is 10.4. The molecule has 0 spiro atoms. The van der Waals surface area contributed by atoms with Gasteiger partial charge in [0.15, 0.2) is 0 Å². The van der Waals surface area contributed by atoms with Gasteiger partial charge >= 0.3 is 5.97 Å². The van der Waals surface area contributed by atoms with Crippen LogP contribution in [-0.2, 0) is 4.79 Å². The number of aliphatic carboxylic acids is 1. The fraction of sp³-hybridized carbons (Fsp3) is 0.667. The first-order chi connectivity index (χ1) is 6.18. The molecule has 0 aromatic rings. The second-order valence-electron chi connectivity index (χ2n) is 3.29. The first-order valence-corrected chi connectivity index (χ1v) is 5.59. The summed E-state index contributed by atoms with van der Waals surface area (Å²) in [6, 6.07) is 0. The monoisotopic (exact) mass is 201 g/mol. The summed E-state index contributed by atoms with van der Waals surface area (Å²) in [7, 11) is 0. The van der Waals surface area contributed by atoms with Crippen LogP contribution in [0.4, 0.5) is 0 Å². The number of carboxylic acid groups (broad SMARTS) is 1. The fourth-order valence-corrected chi connectivity index (χ4v) is 2.32. The molecule has 1 fully saturated rings. The van der Waals surface area contributed by atoms with Crippen molar-refractivity contribution in [1.29, 1.82) is 0 Å². The number of carbonyl (C=O) groups is 1. The van der Waals surface area contributed by atoms with Crippen LogP contribution in [0.25, 0.3) is 0 Å². The van der Waals surface area contributed by atoms with Gasteiger partial charge in [0.1, 0.15) is 0 Å². The third-order valence-electron chi connectivity index (χ3n) is 2.47. The molecule has 1 aliphatic carbocycles. The van der Waals surface area contributed by atoms with Crippen molar-refractivity contribution < 1.29 is 9.90 Å². The van der Waals surface area contributed by atoms with Crippen molar-refractivity contribution in [2.45, 2.75) is 24.0 Å². The van der Waals surface area contributed by atoms with Crippen LogP contribution in [0.15, 0.2) is 12.3 Å². The van der Waals surface area contributed by atoms with Crippen molar-refractivity contribution >= 4 is 17.7 Å². The average Bonchev–Trinajstić information content (AvgIpc) is 2.01. The normalized spacial score (nSPS) is 19.8. The number of rotatable bonds is 5. The van der Waals surface area contributed by atoms with Crippen molar-refractivity contribution in [1.82, 2.24) is 5.32 Å². The standard InChI is InChI=1S/C9H15NO2S/c1-13-9(4-2-5-9)7-10-6-3-8(11)12/h3,6,10H,2,4-5,7H2,1H3,(H,11,12)/b6-3+. The van der Waals surface area contributed by atoms with Crippen molar-refractivity contribution in [3.63, 3.8) is 0 Å². The Morgan fingerprint density at radius 3 is 2.77 bits per heavy atom. The molecule has 0 aromatic carbocycles. The molecule has 0 saturated heterocycles. The Balaban J connectivity index is 2.21. The number of thioether (sulfide) groups is 1. The van der Waals surface area contributed by atoms with Crippen LogP contribution in [0.5, 0.6) is 0 Å². The van der Waals surface area contributed by atoms with Gasteiger partial charge in [-0.15, -0.1) is 0 Å². The van der Waals surface area contributed by atoms with Gasteiger partial charge in [-0.1, -0.05) is 6.42 Å². The summed E-state index contributed by atoms with van der Waals surface area (Å²) < 4.78 is 0.364. The van der Waals surface area contributed by atoms with E-state index >= 15 is 0 Å². The largest absolute Gasteiger partial charge is 0.478 e. The third-order valence-corrected chi connectivity index (χ3v) is 3.88. The number of hydrogen-bond donors (Lipinski definition) is 2. The van der Waals surface area contributed by atoms with E-state index in [2.05, 4.69) is 11.6 Å². The molecule has 1 saturated carbocycles. The van der Waals surface area contributed by atoms with Gasteiger partial charge in [-0.05, 0) is 19.1 Å². The molecule has 0 bridgehead atoms. The van der Waals surface area contributed by atoms with E-state index in [9.17, 15) is 4.79 Å². The van der Waals surface area contributed by atoms with Crippen molar-refractivity contribution in [3.05, 3.63) is 12.3 Å². The van der Waals surface area contributed by atoms with Gasteiger partial charge in [0.05, 0.1) is 0 Å². The highest BCUT2D eigenvalue weighted by Gasteiger charge is 2.35. The van der Waals surface area contributed by atoms with E-state index in [0.717, 1.165) is 12.6 Å². The maximum Gasteiger partial charge on any atom is 0.329 e. The summed E-state index contributed by atoms with van der Waals surface area (Å²) in [6.45, 7) is 0.873. The Morgan fingerprint density at radius 1 is 1.69 bits per heavy atom. The molecular weight excluding hydrogens is 186 g/mol. The Hall–Kier alpha value is -0.640. The number of nitrogens with one attached hydrogen (secondary N) is 1. The topological polar surface area (TPSA) is 49.3 Å². The van der Waals surface area contributed by atoms with E-state index in [4.69, 9.17) is 5.11 Å². The van der Waals surface area contributed by atoms with Gasteiger partial charge in [-0.25, -0.2) is 4.79 Å². The van der Waals surface area contributed by atoms with Gasteiger partial charge < -0.3 is 10.4 Å². The Labute approximate surface area is 82.6 Å². The zero-order valence-electron chi connectivity index (χ0n) is 7.75. The average molecular weight is 201 g/mol. The highest BCUT2D eigenvalue weighted by molar-refractivity contribution is 8.00. The molecule has 1 rings (SSSR count). The molecule has 0 amide bonds. The highest BCUT2D eigenvalue weighted by Crippen LogP contribution is 2.42. The van der Waals surface area contributed by atoms with Crippen LogP contribution in [0.2, 0.25) is 0 Å². The molecule has 0 unspecified atom stereocenters. The molecule has 2 N–H and O–H groups in total. The lowest BCUT2D eigenvalue weighted by molar-refractivity contribution is -0.131. The van der Waals surface area contributed by atoms with Gasteiger partial charge in [0.2, 0.25) is 0 Å². The molecule has 13 heavy (non-hydrogen) atoms. The van der Waals surface area contributed by atoms with E-state index in [-0.39, 0.29) is 0 Å². The lowest BCUT2D eigenvalue weighted by atomic mass is 9.84. The molecule has 0 radical (unpaired) electrons. The third kappa shape index (κ3) is 2.95. The maximum absolute atomic E-state index is 10.1. The van der Waals surface area contributed by atoms with E-state index in [1.54, 1.807) is 0 Å². The van der Waals surface area contributed by atoms with Crippen molar-refractivity contribution in [2.75, 3.05) is 12.8 Å². The zero-order chi connectivity index (χ0) is 9.73. The predicted octanol–water partition coefficient (Wildman–Crippen LogP) is 1.46. The van der Waals surface area contributed by atoms with Crippen LogP contribution in [0, 0.1) is 0 Å². The molecule has 3 nitrogen and oxygen atoms in total. The van der Waals surface area contributed by atoms with Crippen LogP contribution >= 0.6 is 11.8 Å². The van der Waals surface area contributed by atoms with Crippen LogP contribution in [-0.4, -0.2) is 28.6 Å². The number of carboxylic acids is 1. The van der Waals surface area contributed by atoms with E-state index in [1.165, 1.54) is 25.5 Å². The molecule has 0 heterocycles. The minimum atomic E-state index is -0.903. The van der Waals surface area contributed by atoms with Gasteiger partial charge in [-0.3, -0.25) is 0 Å². The van der Waals surface area contributed by atoms with E-state index < -0.39 is 5.97 Å². The SMILES string of the molecule is CSC1(CN/C=C/C(=O)O)CCC1. The summed E-state index contributed by atoms with van der Waals surface area (Å²) in [6.07, 6.45) is 8.53. The number of hydrogen-bond acceptors (Lipinski definition) is 3.